The van der Waals surface area contributed by atoms with Gasteiger partial charge in [0, 0.05) is 32.2 Å². The van der Waals surface area contributed by atoms with Crippen LogP contribution in [0.4, 0.5) is 4.79 Å². The number of tetrazole rings is 1. The fraction of sp³-hybridized carbons (Fsp3) is 0.833. The lowest BCUT2D eigenvalue weighted by Crippen LogP contribution is -2.55. The van der Waals surface area contributed by atoms with Crippen LogP contribution in [0.1, 0.15) is 27.2 Å². The summed E-state index contributed by atoms with van der Waals surface area (Å²) >= 11 is 0. The Morgan fingerprint density at radius 2 is 2.30 bits per heavy atom. The first kappa shape index (κ1) is 14.7. The Morgan fingerprint density at radius 3 is 2.95 bits per heavy atom. The molecule has 2 heterocycles. The van der Waals surface area contributed by atoms with Crippen LogP contribution in [0.3, 0.4) is 0 Å². The molecule has 0 bridgehead atoms. The van der Waals surface area contributed by atoms with E-state index in [1.807, 2.05) is 20.8 Å². The van der Waals surface area contributed by atoms with Gasteiger partial charge in [-0.25, -0.2) is 9.48 Å². The van der Waals surface area contributed by atoms with Crippen LogP contribution in [0.25, 0.3) is 0 Å². The van der Waals surface area contributed by atoms with Crippen molar-refractivity contribution in [1.82, 2.24) is 30.4 Å². The number of nitrogens with zero attached hydrogens (tertiary/aromatic N) is 5. The van der Waals surface area contributed by atoms with E-state index in [9.17, 15) is 4.79 Å². The van der Waals surface area contributed by atoms with E-state index in [0.29, 0.717) is 13.1 Å². The highest BCUT2D eigenvalue weighted by Gasteiger charge is 2.30. The number of nitrogens with one attached hydrogen (secondary N) is 1. The van der Waals surface area contributed by atoms with Crippen LogP contribution in [-0.4, -0.2) is 62.5 Å². The average molecular weight is 282 g/mol. The number of hydrogen-bond acceptors (Lipinski definition) is 6. The van der Waals surface area contributed by atoms with Crippen LogP contribution in [0.5, 0.6) is 0 Å². The smallest absolute Gasteiger partial charge is 0.410 e. The number of amides is 1. The van der Waals surface area contributed by atoms with Crippen LogP contribution in [0.2, 0.25) is 0 Å². The minimum atomic E-state index is -0.470. The zero-order chi connectivity index (χ0) is 14.6. The second-order valence-corrected chi connectivity index (χ2v) is 5.89. The van der Waals surface area contributed by atoms with Gasteiger partial charge in [-0.15, -0.1) is 5.10 Å². The van der Waals surface area contributed by atoms with Gasteiger partial charge in [-0.1, -0.05) is 0 Å². The van der Waals surface area contributed by atoms with Crippen molar-refractivity contribution >= 4 is 6.09 Å². The monoisotopic (exact) mass is 282 g/mol. The van der Waals surface area contributed by atoms with E-state index in [2.05, 4.69) is 20.8 Å². The van der Waals surface area contributed by atoms with Crippen molar-refractivity contribution in [2.24, 2.45) is 0 Å². The molecule has 20 heavy (non-hydrogen) atoms. The third kappa shape index (κ3) is 4.16. The molecule has 1 unspecified atom stereocenters. The highest BCUT2D eigenvalue weighted by Crippen LogP contribution is 2.15. The standard InChI is InChI=1S/C12H22N6O2/c1-12(2,3)20-11(19)18-7-5-13-8-10(18)4-6-17-9-14-15-16-17/h9-10,13H,4-8H2,1-3H3. The normalized spacial score (nSPS) is 19.9. The van der Waals surface area contributed by atoms with Gasteiger partial charge in [0.15, 0.2) is 0 Å². The van der Waals surface area contributed by atoms with Crippen molar-refractivity contribution in [2.75, 3.05) is 19.6 Å². The molecule has 0 aromatic carbocycles. The first-order valence-electron chi connectivity index (χ1n) is 6.87. The van der Waals surface area contributed by atoms with Crippen molar-refractivity contribution in [3.8, 4) is 0 Å². The summed E-state index contributed by atoms with van der Waals surface area (Å²) in [4.78, 5) is 14.0. The quantitative estimate of drug-likeness (QED) is 0.856. The molecule has 1 aromatic rings. The minimum Gasteiger partial charge on any atom is -0.444 e. The molecule has 1 N–H and O–H groups in total. The van der Waals surface area contributed by atoms with E-state index in [-0.39, 0.29) is 12.1 Å². The summed E-state index contributed by atoms with van der Waals surface area (Å²) in [6.07, 6.45) is 2.12. The lowest BCUT2D eigenvalue weighted by atomic mass is 10.1. The van der Waals surface area contributed by atoms with Gasteiger partial charge >= 0.3 is 6.09 Å². The molecule has 8 nitrogen and oxygen atoms in total. The summed E-state index contributed by atoms with van der Waals surface area (Å²) in [5.74, 6) is 0. The predicted octanol–water partition coefficient (Wildman–Crippen LogP) is 0.272. The highest BCUT2D eigenvalue weighted by molar-refractivity contribution is 5.68. The number of ether oxygens (including phenoxy) is 1. The van der Waals surface area contributed by atoms with E-state index < -0.39 is 5.60 Å². The lowest BCUT2D eigenvalue weighted by Gasteiger charge is -2.37. The molecule has 1 fully saturated rings. The molecule has 1 amide bonds. The van der Waals surface area contributed by atoms with E-state index in [0.717, 1.165) is 19.5 Å². The molecule has 1 aliphatic rings. The number of carbonyl (C=O) groups excluding carboxylic acids is 1. The summed E-state index contributed by atoms with van der Waals surface area (Å²) in [7, 11) is 0. The summed E-state index contributed by atoms with van der Waals surface area (Å²) in [5, 5.41) is 14.3. The fourth-order valence-electron chi connectivity index (χ4n) is 2.14. The number of piperazine rings is 1. The van der Waals surface area contributed by atoms with Gasteiger partial charge in [0.1, 0.15) is 11.9 Å². The van der Waals surface area contributed by atoms with Gasteiger partial charge in [-0.2, -0.15) is 0 Å². The van der Waals surface area contributed by atoms with Crippen molar-refractivity contribution in [3.05, 3.63) is 6.33 Å². The molecular weight excluding hydrogens is 260 g/mol. The topological polar surface area (TPSA) is 85.2 Å². The van der Waals surface area contributed by atoms with E-state index in [4.69, 9.17) is 4.74 Å². The Kier molecular flexibility index (Phi) is 4.53. The lowest BCUT2D eigenvalue weighted by molar-refractivity contribution is 0.0106. The fourth-order valence-corrected chi connectivity index (χ4v) is 2.14. The van der Waals surface area contributed by atoms with Gasteiger partial charge < -0.3 is 15.0 Å². The predicted molar refractivity (Wildman–Crippen MR) is 72.0 cm³/mol. The Hall–Kier alpha value is -1.70. The zero-order valence-corrected chi connectivity index (χ0v) is 12.2. The number of hydrogen-bond donors (Lipinski definition) is 1. The molecule has 1 aromatic heterocycles. The first-order valence-corrected chi connectivity index (χ1v) is 6.87. The van der Waals surface area contributed by atoms with Crippen molar-refractivity contribution < 1.29 is 9.53 Å². The average Bonchev–Trinajstić information content (AvgIpc) is 2.87. The molecule has 0 spiro atoms. The molecule has 0 radical (unpaired) electrons. The van der Waals surface area contributed by atoms with Crippen molar-refractivity contribution in [2.45, 2.75) is 45.4 Å². The SMILES string of the molecule is CC(C)(C)OC(=O)N1CCNCC1CCn1cnnn1. The van der Waals surface area contributed by atoms with Crippen LogP contribution in [-0.2, 0) is 11.3 Å². The molecular formula is C12H22N6O2. The number of aromatic nitrogens is 4. The Labute approximate surface area is 118 Å². The Morgan fingerprint density at radius 1 is 1.50 bits per heavy atom. The van der Waals surface area contributed by atoms with Gasteiger partial charge in [0.05, 0.1) is 0 Å². The molecule has 112 valence electrons. The molecule has 0 saturated carbocycles. The van der Waals surface area contributed by atoms with E-state index in [1.54, 1.807) is 15.9 Å². The maximum absolute atomic E-state index is 12.2. The van der Waals surface area contributed by atoms with Gasteiger partial charge in [-0.05, 0) is 37.6 Å². The number of rotatable bonds is 3. The second kappa shape index (κ2) is 6.17. The maximum Gasteiger partial charge on any atom is 0.410 e. The second-order valence-electron chi connectivity index (χ2n) is 5.89. The molecule has 0 aliphatic carbocycles. The van der Waals surface area contributed by atoms with Gasteiger partial charge in [-0.3, -0.25) is 0 Å². The van der Waals surface area contributed by atoms with E-state index in [1.165, 1.54) is 0 Å². The minimum absolute atomic E-state index is 0.0998. The summed E-state index contributed by atoms with van der Waals surface area (Å²) in [6, 6.07) is 0.0998. The largest absolute Gasteiger partial charge is 0.444 e. The molecule has 8 heteroatoms. The highest BCUT2D eigenvalue weighted by atomic mass is 16.6. The molecule has 2 rings (SSSR count). The number of aryl methyl sites for hydroxylation is 1. The van der Waals surface area contributed by atoms with Crippen molar-refractivity contribution in [3.63, 3.8) is 0 Å². The van der Waals surface area contributed by atoms with E-state index >= 15 is 0 Å². The number of carbonyl (C=O) groups is 1. The van der Waals surface area contributed by atoms with Gasteiger partial charge in [0.2, 0.25) is 0 Å². The van der Waals surface area contributed by atoms with Crippen LogP contribution in [0.15, 0.2) is 6.33 Å². The molecule has 1 saturated heterocycles. The Bertz CT molecular complexity index is 428. The molecule has 1 atom stereocenters. The Balaban J connectivity index is 1.92. The first-order chi connectivity index (χ1) is 9.46. The zero-order valence-electron chi connectivity index (χ0n) is 12.2. The third-order valence-electron chi connectivity index (χ3n) is 3.06. The summed E-state index contributed by atoms with van der Waals surface area (Å²) in [6.45, 7) is 8.53. The van der Waals surface area contributed by atoms with Crippen LogP contribution >= 0.6 is 0 Å². The summed E-state index contributed by atoms with van der Waals surface area (Å²) in [5.41, 5.74) is -0.470. The van der Waals surface area contributed by atoms with Crippen LogP contribution in [0, 0.1) is 0 Å². The molecule has 1 aliphatic heterocycles. The van der Waals surface area contributed by atoms with Gasteiger partial charge in [0.25, 0.3) is 0 Å². The summed E-state index contributed by atoms with van der Waals surface area (Å²) < 4.78 is 7.13. The third-order valence-corrected chi connectivity index (χ3v) is 3.06. The maximum atomic E-state index is 12.2. The van der Waals surface area contributed by atoms with Crippen molar-refractivity contribution in [1.29, 1.82) is 0 Å². The van der Waals surface area contributed by atoms with Crippen LogP contribution < -0.4 is 5.32 Å².